The molecule has 0 atom stereocenters. The SMILES string of the molecule is O=C(Cl)c1nn(-c2ccc([N+](=O)[O-])cc2)c(-c2ccccc2)c1C(=O)c1ccccc1. The number of carbonyl (C=O) groups excluding carboxylic acids is 2. The summed E-state index contributed by atoms with van der Waals surface area (Å²) in [6, 6.07) is 23.1. The molecular weight excluding hydrogens is 418 g/mol. The molecule has 0 saturated carbocycles. The van der Waals surface area contributed by atoms with Gasteiger partial charge in [0.1, 0.15) is 0 Å². The minimum absolute atomic E-state index is 0.0655. The number of hydrogen-bond acceptors (Lipinski definition) is 5. The van der Waals surface area contributed by atoms with E-state index in [4.69, 9.17) is 11.6 Å². The fourth-order valence-corrected chi connectivity index (χ4v) is 3.40. The number of aromatic nitrogens is 2. The fourth-order valence-electron chi connectivity index (χ4n) is 3.27. The lowest BCUT2D eigenvalue weighted by molar-refractivity contribution is -0.384. The standard InChI is InChI=1S/C23H14ClN3O4/c24-23(29)20-19(22(28)16-9-5-2-6-10-16)21(15-7-3-1-4-8-15)26(25-20)17-11-13-18(14-12-17)27(30)31/h1-14H. The Morgan fingerprint density at radius 1 is 0.871 bits per heavy atom. The summed E-state index contributed by atoms with van der Waals surface area (Å²) in [5.41, 5.74) is 1.61. The van der Waals surface area contributed by atoms with Gasteiger partial charge < -0.3 is 0 Å². The summed E-state index contributed by atoms with van der Waals surface area (Å²) in [5.74, 6) is -0.406. The van der Waals surface area contributed by atoms with E-state index in [-0.39, 0.29) is 16.9 Å². The zero-order valence-electron chi connectivity index (χ0n) is 15.9. The lowest BCUT2D eigenvalue weighted by atomic mass is 9.97. The summed E-state index contributed by atoms with van der Waals surface area (Å²) < 4.78 is 1.41. The van der Waals surface area contributed by atoms with E-state index in [2.05, 4.69) is 5.10 Å². The molecule has 0 aliphatic rings. The Morgan fingerprint density at radius 3 is 2.00 bits per heavy atom. The van der Waals surface area contributed by atoms with E-state index >= 15 is 0 Å². The number of halogens is 1. The van der Waals surface area contributed by atoms with E-state index in [1.165, 1.54) is 28.9 Å². The minimum Gasteiger partial charge on any atom is -0.288 e. The number of benzene rings is 3. The monoisotopic (exact) mass is 431 g/mol. The van der Waals surface area contributed by atoms with Crippen molar-refractivity contribution >= 4 is 28.3 Å². The van der Waals surface area contributed by atoms with Crippen LogP contribution in [0.2, 0.25) is 0 Å². The number of rotatable bonds is 6. The topological polar surface area (TPSA) is 95.1 Å². The molecule has 0 spiro atoms. The molecule has 0 N–H and O–H groups in total. The molecule has 0 aliphatic carbocycles. The molecule has 152 valence electrons. The van der Waals surface area contributed by atoms with Crippen molar-refractivity contribution in [3.8, 4) is 16.9 Å². The van der Waals surface area contributed by atoms with Crippen LogP contribution in [0.25, 0.3) is 16.9 Å². The van der Waals surface area contributed by atoms with E-state index in [1.54, 1.807) is 54.6 Å². The lowest BCUT2D eigenvalue weighted by Crippen LogP contribution is -2.07. The second-order valence-electron chi connectivity index (χ2n) is 6.59. The highest BCUT2D eigenvalue weighted by Crippen LogP contribution is 2.32. The van der Waals surface area contributed by atoms with Crippen molar-refractivity contribution in [1.82, 2.24) is 9.78 Å². The highest BCUT2D eigenvalue weighted by atomic mass is 35.5. The van der Waals surface area contributed by atoms with E-state index in [0.29, 0.717) is 22.5 Å². The Morgan fingerprint density at radius 2 is 1.45 bits per heavy atom. The first kappa shape index (κ1) is 20.2. The number of nitro groups is 1. The molecule has 31 heavy (non-hydrogen) atoms. The Bertz CT molecular complexity index is 1280. The maximum absolute atomic E-state index is 13.4. The van der Waals surface area contributed by atoms with Crippen molar-refractivity contribution < 1.29 is 14.5 Å². The zero-order chi connectivity index (χ0) is 22.0. The van der Waals surface area contributed by atoms with Gasteiger partial charge in [-0.2, -0.15) is 5.10 Å². The molecule has 0 fully saturated rings. The van der Waals surface area contributed by atoms with Crippen LogP contribution in [0.1, 0.15) is 26.4 Å². The van der Waals surface area contributed by atoms with Crippen molar-refractivity contribution in [3.05, 3.63) is 112 Å². The highest BCUT2D eigenvalue weighted by Gasteiger charge is 2.29. The van der Waals surface area contributed by atoms with Gasteiger partial charge in [0.15, 0.2) is 11.5 Å². The smallest absolute Gasteiger partial charge is 0.273 e. The van der Waals surface area contributed by atoms with E-state index < -0.39 is 15.9 Å². The Hall–Kier alpha value is -4.10. The van der Waals surface area contributed by atoms with Crippen LogP contribution in [0.4, 0.5) is 5.69 Å². The Labute approximate surface area is 181 Å². The summed E-state index contributed by atoms with van der Waals surface area (Å²) >= 11 is 5.81. The predicted octanol–water partition coefficient (Wildman–Crippen LogP) is 5.06. The quantitative estimate of drug-likeness (QED) is 0.184. The number of nitrogens with zero attached hydrogens (tertiary/aromatic N) is 3. The first-order valence-corrected chi connectivity index (χ1v) is 9.58. The van der Waals surface area contributed by atoms with Crippen molar-refractivity contribution in [2.45, 2.75) is 0 Å². The number of ketones is 1. The third kappa shape index (κ3) is 3.86. The molecule has 1 aromatic heterocycles. The second kappa shape index (κ2) is 8.33. The van der Waals surface area contributed by atoms with Gasteiger partial charge in [0.05, 0.1) is 21.9 Å². The van der Waals surface area contributed by atoms with Gasteiger partial charge in [-0.05, 0) is 23.7 Å². The summed E-state index contributed by atoms with van der Waals surface area (Å²) in [4.78, 5) is 36.1. The molecule has 1 heterocycles. The number of nitro benzene ring substituents is 1. The van der Waals surface area contributed by atoms with Crippen LogP contribution in [0, 0.1) is 10.1 Å². The molecule has 0 unspecified atom stereocenters. The number of non-ortho nitro benzene ring substituents is 1. The van der Waals surface area contributed by atoms with Gasteiger partial charge in [-0.25, -0.2) is 4.68 Å². The molecule has 0 radical (unpaired) electrons. The normalized spacial score (nSPS) is 10.6. The van der Waals surface area contributed by atoms with Gasteiger partial charge in [0, 0.05) is 23.3 Å². The average Bonchev–Trinajstić information content (AvgIpc) is 3.21. The predicted molar refractivity (Wildman–Crippen MR) is 116 cm³/mol. The number of hydrogen-bond donors (Lipinski definition) is 0. The molecule has 7 nitrogen and oxygen atoms in total. The minimum atomic E-state index is -0.878. The molecular formula is C23H14ClN3O4. The maximum atomic E-state index is 13.4. The molecule has 0 saturated heterocycles. The third-order valence-electron chi connectivity index (χ3n) is 4.69. The maximum Gasteiger partial charge on any atom is 0.273 e. The molecule has 4 rings (SSSR count). The van der Waals surface area contributed by atoms with Gasteiger partial charge in [0.25, 0.3) is 10.9 Å². The molecule has 8 heteroatoms. The fraction of sp³-hybridized carbons (Fsp3) is 0. The van der Waals surface area contributed by atoms with Gasteiger partial charge in [-0.1, -0.05) is 60.7 Å². The van der Waals surface area contributed by atoms with Gasteiger partial charge >= 0.3 is 0 Å². The Kier molecular flexibility index (Phi) is 5.43. The first-order valence-electron chi connectivity index (χ1n) is 9.20. The van der Waals surface area contributed by atoms with Crippen LogP contribution in [0.3, 0.4) is 0 Å². The summed E-state index contributed by atoms with van der Waals surface area (Å²) in [6.07, 6.45) is 0. The molecule has 0 bridgehead atoms. The number of carbonyl (C=O) groups is 2. The van der Waals surface area contributed by atoms with E-state index in [0.717, 1.165) is 0 Å². The van der Waals surface area contributed by atoms with Crippen LogP contribution in [0.15, 0.2) is 84.9 Å². The van der Waals surface area contributed by atoms with Crippen LogP contribution in [-0.2, 0) is 0 Å². The molecule has 3 aromatic carbocycles. The van der Waals surface area contributed by atoms with E-state index in [1.807, 2.05) is 6.07 Å². The van der Waals surface area contributed by atoms with Crippen molar-refractivity contribution in [3.63, 3.8) is 0 Å². The summed E-state index contributed by atoms with van der Waals surface area (Å²) in [7, 11) is 0. The van der Waals surface area contributed by atoms with Crippen molar-refractivity contribution in [1.29, 1.82) is 0 Å². The lowest BCUT2D eigenvalue weighted by Gasteiger charge is -2.10. The molecule has 0 aliphatic heterocycles. The first-order chi connectivity index (χ1) is 15.0. The summed E-state index contributed by atoms with van der Waals surface area (Å²) in [5, 5.41) is 14.5. The van der Waals surface area contributed by atoms with Gasteiger partial charge in [-0.3, -0.25) is 19.7 Å². The second-order valence-corrected chi connectivity index (χ2v) is 6.94. The summed E-state index contributed by atoms with van der Waals surface area (Å²) in [6.45, 7) is 0. The van der Waals surface area contributed by atoms with Crippen molar-refractivity contribution in [2.24, 2.45) is 0 Å². The van der Waals surface area contributed by atoms with Crippen LogP contribution in [0.5, 0.6) is 0 Å². The van der Waals surface area contributed by atoms with Gasteiger partial charge in [0.2, 0.25) is 0 Å². The highest BCUT2D eigenvalue weighted by molar-refractivity contribution is 6.68. The Balaban J connectivity index is 2.01. The van der Waals surface area contributed by atoms with Crippen LogP contribution >= 0.6 is 11.6 Å². The average molecular weight is 432 g/mol. The van der Waals surface area contributed by atoms with Crippen molar-refractivity contribution in [2.75, 3.05) is 0 Å². The molecule has 4 aromatic rings. The van der Waals surface area contributed by atoms with Gasteiger partial charge in [-0.15, -0.1) is 0 Å². The third-order valence-corrected chi connectivity index (χ3v) is 4.87. The van der Waals surface area contributed by atoms with E-state index in [9.17, 15) is 19.7 Å². The molecule has 0 amide bonds. The zero-order valence-corrected chi connectivity index (χ0v) is 16.7. The van der Waals surface area contributed by atoms with Crippen LogP contribution in [-0.4, -0.2) is 25.7 Å². The largest absolute Gasteiger partial charge is 0.288 e. The van der Waals surface area contributed by atoms with Crippen LogP contribution < -0.4 is 0 Å².